The maximum atomic E-state index is 14.8. The fourth-order valence-corrected chi connectivity index (χ4v) is 5.74. The highest BCUT2D eigenvalue weighted by atomic mass is 35.5. The van der Waals surface area contributed by atoms with E-state index in [-0.39, 0.29) is 11.3 Å². The minimum atomic E-state index is -1.55. The molecule has 1 aliphatic rings. The number of alkyl halides is 2. The largest absolute Gasteiger partial charge is 0.326 e. The lowest BCUT2D eigenvalue weighted by Gasteiger charge is -2.11. The van der Waals surface area contributed by atoms with E-state index in [4.69, 9.17) is 46.4 Å². The van der Waals surface area contributed by atoms with Crippen LogP contribution in [0.4, 0.5) is 23.2 Å². The van der Waals surface area contributed by atoms with Crippen LogP contribution in [0.2, 0.25) is 10.0 Å². The topological polar surface area (TPSA) is 63.2 Å². The molecule has 204 valence electrons. The number of ketones is 2. The average Bonchev–Trinajstić information content (AvgIpc) is 3.42. The van der Waals surface area contributed by atoms with Crippen molar-refractivity contribution in [2.75, 3.05) is 5.32 Å². The molecule has 12 heteroatoms. The third kappa shape index (κ3) is 6.09. The summed E-state index contributed by atoms with van der Waals surface area (Å²) in [5.41, 5.74) is -1.42. The van der Waals surface area contributed by atoms with Gasteiger partial charge in [-0.25, -0.2) is 17.6 Å². The van der Waals surface area contributed by atoms with E-state index in [1.807, 2.05) is 0 Å². The summed E-state index contributed by atoms with van der Waals surface area (Å²) in [4.78, 5) is 37.1. The highest BCUT2D eigenvalue weighted by molar-refractivity contribution is 6.53. The third-order valence-corrected chi connectivity index (χ3v) is 7.60. The van der Waals surface area contributed by atoms with Crippen LogP contribution in [0.3, 0.4) is 0 Å². The Hall–Kier alpha value is -2.65. The van der Waals surface area contributed by atoms with Gasteiger partial charge in [0.05, 0.1) is 11.5 Å². The monoisotopic (exact) mass is 619 g/mol. The van der Waals surface area contributed by atoms with Crippen LogP contribution in [-0.2, 0) is 22.4 Å². The maximum absolute atomic E-state index is 14.8. The molecular weight excluding hydrogens is 604 g/mol. The maximum Gasteiger partial charge on any atom is 0.231 e. The van der Waals surface area contributed by atoms with Gasteiger partial charge in [0.25, 0.3) is 0 Å². The number of hydrogen-bond donors (Lipinski definition) is 1. The highest BCUT2D eigenvalue weighted by Gasteiger charge is 2.67. The van der Waals surface area contributed by atoms with E-state index >= 15 is 0 Å². The molecule has 1 fully saturated rings. The Morgan fingerprint density at radius 3 is 2.13 bits per heavy atom. The van der Waals surface area contributed by atoms with E-state index < -0.39 is 80.9 Å². The summed E-state index contributed by atoms with van der Waals surface area (Å²) in [5.74, 6) is -9.13. The van der Waals surface area contributed by atoms with E-state index in [1.165, 1.54) is 18.2 Å². The lowest BCUT2D eigenvalue weighted by Crippen LogP contribution is -2.18. The van der Waals surface area contributed by atoms with Crippen molar-refractivity contribution in [2.24, 2.45) is 5.92 Å². The van der Waals surface area contributed by atoms with Crippen LogP contribution in [0.1, 0.15) is 39.9 Å². The van der Waals surface area contributed by atoms with Crippen molar-refractivity contribution in [3.63, 3.8) is 0 Å². The number of nitrogens with one attached hydrogen (secondary N) is 1. The summed E-state index contributed by atoms with van der Waals surface area (Å²) < 4.78 is 56.2. The molecule has 0 aromatic heterocycles. The van der Waals surface area contributed by atoms with E-state index in [9.17, 15) is 31.9 Å². The van der Waals surface area contributed by atoms with E-state index in [2.05, 4.69) is 5.32 Å². The quantitative estimate of drug-likeness (QED) is 0.160. The Bertz CT molecular complexity index is 1510. The first-order valence-electron chi connectivity index (χ1n) is 11.3. The number of rotatable bonds is 8. The lowest BCUT2D eigenvalue weighted by atomic mass is 9.97. The average molecular weight is 621 g/mol. The van der Waals surface area contributed by atoms with Crippen molar-refractivity contribution in [2.45, 2.75) is 30.0 Å². The first kappa shape index (κ1) is 29.3. The minimum absolute atomic E-state index is 0.280. The van der Waals surface area contributed by atoms with Crippen LogP contribution in [0.25, 0.3) is 0 Å². The number of amides is 1. The van der Waals surface area contributed by atoms with E-state index in [0.717, 1.165) is 25.1 Å². The minimum Gasteiger partial charge on any atom is -0.326 e. The van der Waals surface area contributed by atoms with Crippen molar-refractivity contribution in [1.29, 1.82) is 0 Å². The molecule has 1 aliphatic carbocycles. The van der Waals surface area contributed by atoms with Gasteiger partial charge >= 0.3 is 0 Å². The van der Waals surface area contributed by atoms with Gasteiger partial charge in [0, 0.05) is 46.1 Å². The zero-order chi connectivity index (χ0) is 28.8. The van der Waals surface area contributed by atoms with Crippen LogP contribution in [0.5, 0.6) is 0 Å². The van der Waals surface area contributed by atoms with E-state index in [0.29, 0.717) is 21.7 Å². The number of halogens is 8. The second kappa shape index (κ2) is 11.1. The van der Waals surface area contributed by atoms with Crippen molar-refractivity contribution < 1.29 is 31.9 Å². The second-order valence-corrected chi connectivity index (χ2v) is 11.4. The van der Waals surface area contributed by atoms with Gasteiger partial charge in [-0.05, 0) is 48.4 Å². The second-order valence-electron chi connectivity index (χ2n) is 9.12. The Morgan fingerprint density at radius 1 is 0.872 bits per heavy atom. The number of hydrogen-bond acceptors (Lipinski definition) is 3. The third-order valence-electron chi connectivity index (χ3n) is 6.22. The van der Waals surface area contributed by atoms with Gasteiger partial charge in [-0.1, -0.05) is 29.3 Å². The van der Waals surface area contributed by atoms with Crippen molar-refractivity contribution >= 4 is 69.6 Å². The number of anilines is 1. The predicted octanol–water partition coefficient (Wildman–Crippen LogP) is 7.63. The predicted molar refractivity (Wildman–Crippen MR) is 141 cm³/mol. The number of carbonyl (C=O) groups excluding carboxylic acids is 3. The summed E-state index contributed by atoms with van der Waals surface area (Å²) in [6.07, 6.45) is -1.31. The highest BCUT2D eigenvalue weighted by Crippen LogP contribution is 2.65. The fourth-order valence-electron chi connectivity index (χ4n) is 4.37. The Morgan fingerprint density at radius 2 is 1.51 bits per heavy atom. The fraction of sp³-hybridized carbons (Fsp3) is 0.222. The van der Waals surface area contributed by atoms with Crippen LogP contribution in [-0.4, -0.2) is 21.8 Å². The normalized spacial score (nSPS) is 17.6. The summed E-state index contributed by atoms with van der Waals surface area (Å²) in [6, 6.07) is 7.95. The molecule has 3 aromatic carbocycles. The van der Waals surface area contributed by atoms with Gasteiger partial charge in [0.15, 0.2) is 17.4 Å². The Kier molecular flexibility index (Phi) is 8.34. The summed E-state index contributed by atoms with van der Waals surface area (Å²) in [6.45, 7) is 1.14. The zero-order valence-corrected chi connectivity index (χ0v) is 22.9. The van der Waals surface area contributed by atoms with Crippen LogP contribution < -0.4 is 5.32 Å². The van der Waals surface area contributed by atoms with Gasteiger partial charge in [-0.2, -0.15) is 0 Å². The lowest BCUT2D eigenvalue weighted by molar-refractivity contribution is -0.117. The zero-order valence-electron chi connectivity index (χ0n) is 19.9. The van der Waals surface area contributed by atoms with E-state index in [1.54, 1.807) is 0 Å². The molecule has 2 atom stereocenters. The van der Waals surface area contributed by atoms with Gasteiger partial charge in [-0.15, -0.1) is 23.2 Å². The molecule has 0 aliphatic heterocycles. The van der Waals surface area contributed by atoms with Crippen LogP contribution in [0.15, 0.2) is 42.5 Å². The first-order chi connectivity index (χ1) is 18.2. The van der Waals surface area contributed by atoms with Crippen LogP contribution in [0, 0.1) is 29.2 Å². The smallest absolute Gasteiger partial charge is 0.231 e. The molecule has 3 aromatic rings. The van der Waals surface area contributed by atoms with Gasteiger partial charge in [0.2, 0.25) is 5.91 Å². The molecular formula is C27H17Cl4F4NO3. The van der Waals surface area contributed by atoms with Crippen LogP contribution >= 0.6 is 46.4 Å². The first-order valence-corrected chi connectivity index (χ1v) is 12.8. The SMILES string of the molecule is CC(=O)Cc1c(F)ccc(CC(=O)c2cc(NC(=O)[C@H]3[C@H](c4cc(Cl)cc(Cl)c4)C3(Cl)Cl)cc(F)c2F)c1F. The van der Waals surface area contributed by atoms with Crippen molar-refractivity contribution in [1.82, 2.24) is 0 Å². The molecule has 1 N–H and O–H groups in total. The molecule has 39 heavy (non-hydrogen) atoms. The molecule has 4 nitrogen and oxygen atoms in total. The van der Waals surface area contributed by atoms with Gasteiger partial charge < -0.3 is 5.32 Å². The number of benzene rings is 3. The number of Topliss-reactive ketones (excluding diaryl/α,β-unsaturated/α-hetero) is 2. The molecule has 0 heterocycles. The Balaban J connectivity index is 1.57. The van der Waals surface area contributed by atoms with Crippen molar-refractivity contribution in [3.05, 3.63) is 98.0 Å². The summed E-state index contributed by atoms with van der Waals surface area (Å²) in [7, 11) is 0. The van der Waals surface area contributed by atoms with Gasteiger partial charge in [-0.3, -0.25) is 14.4 Å². The molecule has 0 bridgehead atoms. The molecule has 0 radical (unpaired) electrons. The molecule has 1 saturated carbocycles. The molecule has 4 rings (SSSR count). The molecule has 0 spiro atoms. The van der Waals surface area contributed by atoms with Gasteiger partial charge in [0.1, 0.15) is 21.8 Å². The summed E-state index contributed by atoms with van der Waals surface area (Å²) in [5, 5.41) is 2.96. The molecule has 0 saturated heterocycles. The van der Waals surface area contributed by atoms with Crippen molar-refractivity contribution in [3.8, 4) is 0 Å². The standard InChI is InChI=1S/C27H17Cl4F4NO3/c1-11(37)4-17-19(32)3-2-12(24(17)34)7-21(38)18-9-16(10-20(33)25(18)35)36-26(39)23-22(27(23,30)31)13-5-14(28)8-15(29)6-13/h2-3,5-6,8-10,22-23H,4,7H2,1H3,(H,36,39)/t22-,23+/m0/s1. The summed E-state index contributed by atoms with van der Waals surface area (Å²) >= 11 is 24.7. The molecule has 0 unspecified atom stereocenters. The Labute approximate surface area is 240 Å². The number of carbonyl (C=O) groups is 3. The molecule has 1 amide bonds.